The molecular formula is C7H14BrNO2S. The molecule has 1 aliphatic heterocycles. The molecule has 3 nitrogen and oxygen atoms in total. The van der Waals surface area contributed by atoms with Crippen molar-refractivity contribution in [2.75, 3.05) is 11.2 Å². The summed E-state index contributed by atoms with van der Waals surface area (Å²) in [7, 11) is -3.02. The monoisotopic (exact) mass is 255 g/mol. The molecule has 0 saturated carbocycles. The predicted octanol–water partition coefficient (Wildman–Crippen LogP) is 1.54. The first-order chi connectivity index (χ1) is 5.58. The molecule has 0 amide bonds. The molecular weight excluding hydrogens is 242 g/mol. The highest BCUT2D eigenvalue weighted by Crippen LogP contribution is 2.20. The normalized spacial score (nSPS) is 27.3. The van der Waals surface area contributed by atoms with Gasteiger partial charge in [-0.05, 0) is 19.8 Å². The third-order valence-corrected chi connectivity index (χ3v) is 5.51. The highest BCUT2D eigenvalue weighted by Gasteiger charge is 2.28. The summed E-state index contributed by atoms with van der Waals surface area (Å²) in [6.45, 7) is 2.66. The maximum atomic E-state index is 11.4. The first kappa shape index (κ1) is 10.5. The molecule has 0 aromatic carbocycles. The lowest BCUT2D eigenvalue weighted by Crippen LogP contribution is -2.42. The van der Waals surface area contributed by atoms with Crippen molar-refractivity contribution >= 4 is 26.0 Å². The number of hydrogen-bond donors (Lipinski definition) is 0. The molecule has 1 fully saturated rings. The summed E-state index contributed by atoms with van der Waals surface area (Å²) in [4.78, 5) is 0. The van der Waals surface area contributed by atoms with Crippen molar-refractivity contribution in [2.45, 2.75) is 32.2 Å². The van der Waals surface area contributed by atoms with Gasteiger partial charge in [-0.15, -0.1) is 0 Å². The molecule has 0 bridgehead atoms. The molecule has 0 spiro atoms. The van der Waals surface area contributed by atoms with Gasteiger partial charge in [-0.2, -0.15) is 4.31 Å². The lowest BCUT2D eigenvalue weighted by Gasteiger charge is -2.31. The van der Waals surface area contributed by atoms with Crippen molar-refractivity contribution in [3.05, 3.63) is 0 Å². The predicted molar refractivity (Wildman–Crippen MR) is 52.7 cm³/mol. The molecule has 0 aromatic rings. The molecule has 72 valence electrons. The Hall–Kier alpha value is 0.390. The standard InChI is InChI=1S/C7H14BrNO2S/c1-7-4-2-3-5-9(7)12(10,11)6-8/h7H,2-6H2,1H3. The van der Waals surface area contributed by atoms with Gasteiger partial charge in [-0.1, -0.05) is 22.4 Å². The first-order valence-corrected chi connectivity index (χ1v) is 6.86. The van der Waals surface area contributed by atoms with Gasteiger partial charge >= 0.3 is 0 Å². The fourth-order valence-electron chi connectivity index (χ4n) is 1.55. The molecule has 5 heteroatoms. The number of halogens is 1. The minimum absolute atomic E-state index is 0.0460. The van der Waals surface area contributed by atoms with Crippen molar-refractivity contribution in [3.8, 4) is 0 Å². The van der Waals surface area contributed by atoms with Crippen LogP contribution in [0.5, 0.6) is 0 Å². The van der Waals surface area contributed by atoms with Crippen LogP contribution >= 0.6 is 15.9 Å². The Labute approximate surface area is 82.3 Å². The van der Waals surface area contributed by atoms with Gasteiger partial charge in [0.1, 0.15) is 4.66 Å². The van der Waals surface area contributed by atoms with E-state index in [4.69, 9.17) is 0 Å². The fourth-order valence-corrected chi connectivity index (χ4v) is 3.52. The summed E-state index contributed by atoms with van der Waals surface area (Å²) in [5.41, 5.74) is 0. The van der Waals surface area contributed by atoms with Crippen LogP contribution in [0.3, 0.4) is 0 Å². The lowest BCUT2D eigenvalue weighted by atomic mass is 10.1. The van der Waals surface area contributed by atoms with Crippen molar-refractivity contribution in [1.82, 2.24) is 4.31 Å². The van der Waals surface area contributed by atoms with E-state index in [1.54, 1.807) is 4.31 Å². The fraction of sp³-hybridized carbons (Fsp3) is 1.00. The van der Waals surface area contributed by atoms with Crippen LogP contribution in [0.15, 0.2) is 0 Å². The molecule has 0 N–H and O–H groups in total. The van der Waals surface area contributed by atoms with E-state index in [2.05, 4.69) is 15.9 Å². The van der Waals surface area contributed by atoms with Crippen LogP contribution in [0.1, 0.15) is 26.2 Å². The van der Waals surface area contributed by atoms with E-state index >= 15 is 0 Å². The van der Waals surface area contributed by atoms with E-state index in [1.807, 2.05) is 6.92 Å². The van der Waals surface area contributed by atoms with Gasteiger partial charge in [0, 0.05) is 12.6 Å². The van der Waals surface area contributed by atoms with Crippen LogP contribution in [-0.2, 0) is 10.0 Å². The average Bonchev–Trinajstić information content (AvgIpc) is 2.05. The summed E-state index contributed by atoms with van der Waals surface area (Å²) in [5, 5.41) is 0. The van der Waals surface area contributed by atoms with Gasteiger partial charge in [-0.3, -0.25) is 0 Å². The Bertz CT molecular complexity index is 240. The Morgan fingerprint density at radius 2 is 2.17 bits per heavy atom. The first-order valence-electron chi connectivity index (χ1n) is 4.13. The molecule has 12 heavy (non-hydrogen) atoms. The summed E-state index contributed by atoms with van der Waals surface area (Å²) in [5.74, 6) is 0. The van der Waals surface area contributed by atoms with E-state index in [0.717, 1.165) is 19.3 Å². The molecule has 1 aliphatic rings. The van der Waals surface area contributed by atoms with Gasteiger partial charge in [0.25, 0.3) is 0 Å². The second-order valence-electron chi connectivity index (χ2n) is 3.18. The molecule has 0 radical (unpaired) electrons. The van der Waals surface area contributed by atoms with Crippen LogP contribution in [0.4, 0.5) is 0 Å². The van der Waals surface area contributed by atoms with Crippen LogP contribution < -0.4 is 0 Å². The number of rotatable bonds is 2. The van der Waals surface area contributed by atoms with Crippen LogP contribution in [0, 0.1) is 0 Å². The molecule has 1 rings (SSSR count). The van der Waals surface area contributed by atoms with Crippen molar-refractivity contribution in [3.63, 3.8) is 0 Å². The number of sulfonamides is 1. The number of alkyl halides is 1. The van der Waals surface area contributed by atoms with E-state index in [-0.39, 0.29) is 10.7 Å². The zero-order valence-electron chi connectivity index (χ0n) is 7.16. The summed E-state index contributed by atoms with van der Waals surface area (Å²) in [6.07, 6.45) is 3.14. The van der Waals surface area contributed by atoms with Gasteiger partial charge in [-0.25, -0.2) is 8.42 Å². The molecule has 1 atom stereocenters. The van der Waals surface area contributed by atoms with Gasteiger partial charge in [0.2, 0.25) is 10.0 Å². The minimum atomic E-state index is -3.02. The van der Waals surface area contributed by atoms with Crippen molar-refractivity contribution in [2.24, 2.45) is 0 Å². The SMILES string of the molecule is CC1CCCCN1S(=O)(=O)CBr. The molecule has 0 aliphatic carbocycles. The minimum Gasteiger partial charge on any atom is -0.211 e. The van der Waals surface area contributed by atoms with E-state index in [1.165, 1.54) is 0 Å². The van der Waals surface area contributed by atoms with Gasteiger partial charge in [0.05, 0.1) is 0 Å². The summed E-state index contributed by atoms with van der Waals surface area (Å²) in [6, 6.07) is 0.182. The van der Waals surface area contributed by atoms with E-state index in [9.17, 15) is 8.42 Å². The lowest BCUT2D eigenvalue weighted by molar-refractivity contribution is 0.270. The third kappa shape index (κ3) is 2.20. The Balaban J connectivity index is 2.72. The van der Waals surface area contributed by atoms with Gasteiger partial charge in [0.15, 0.2) is 0 Å². The molecule has 1 saturated heterocycles. The highest BCUT2D eigenvalue weighted by atomic mass is 79.9. The van der Waals surface area contributed by atoms with E-state index in [0.29, 0.717) is 6.54 Å². The molecule has 1 unspecified atom stereocenters. The number of nitrogens with zero attached hydrogens (tertiary/aromatic N) is 1. The molecule has 0 aromatic heterocycles. The second-order valence-corrected chi connectivity index (χ2v) is 6.40. The Morgan fingerprint density at radius 1 is 1.50 bits per heavy atom. The molecule has 1 heterocycles. The van der Waals surface area contributed by atoms with Crippen LogP contribution in [0.25, 0.3) is 0 Å². The number of hydrogen-bond acceptors (Lipinski definition) is 2. The largest absolute Gasteiger partial charge is 0.224 e. The average molecular weight is 256 g/mol. The quantitative estimate of drug-likeness (QED) is 0.703. The number of piperidine rings is 1. The van der Waals surface area contributed by atoms with Crippen LogP contribution in [0.2, 0.25) is 0 Å². The van der Waals surface area contributed by atoms with Crippen LogP contribution in [-0.4, -0.2) is 30.0 Å². The zero-order chi connectivity index (χ0) is 9.19. The highest BCUT2D eigenvalue weighted by molar-refractivity contribution is 9.10. The van der Waals surface area contributed by atoms with Crippen molar-refractivity contribution in [1.29, 1.82) is 0 Å². The topological polar surface area (TPSA) is 37.4 Å². The van der Waals surface area contributed by atoms with E-state index < -0.39 is 10.0 Å². The maximum Gasteiger partial charge on any atom is 0.224 e. The zero-order valence-corrected chi connectivity index (χ0v) is 9.57. The maximum absolute atomic E-state index is 11.4. The second kappa shape index (κ2) is 4.07. The summed E-state index contributed by atoms with van der Waals surface area (Å²) >= 11 is 3.00. The van der Waals surface area contributed by atoms with Crippen molar-refractivity contribution < 1.29 is 8.42 Å². The third-order valence-electron chi connectivity index (χ3n) is 2.24. The Kier molecular flexibility index (Phi) is 3.55. The Morgan fingerprint density at radius 3 is 2.67 bits per heavy atom. The smallest absolute Gasteiger partial charge is 0.211 e. The van der Waals surface area contributed by atoms with Gasteiger partial charge < -0.3 is 0 Å². The summed E-state index contributed by atoms with van der Waals surface area (Å²) < 4.78 is 24.5.